The highest BCUT2D eigenvalue weighted by molar-refractivity contribution is 5.94. The second kappa shape index (κ2) is 8.54. The molecule has 0 aromatic heterocycles. The van der Waals surface area contributed by atoms with E-state index in [1.54, 1.807) is 24.3 Å². The molecule has 0 radical (unpaired) electrons. The molecule has 0 aliphatic heterocycles. The Morgan fingerprint density at radius 2 is 1.65 bits per heavy atom. The van der Waals surface area contributed by atoms with Crippen molar-refractivity contribution < 1.29 is 14.3 Å². The lowest BCUT2D eigenvalue weighted by Gasteiger charge is -2.16. The summed E-state index contributed by atoms with van der Waals surface area (Å²) >= 11 is 0. The van der Waals surface area contributed by atoms with Crippen LogP contribution in [0.4, 0.5) is 0 Å². The third-order valence-electron chi connectivity index (χ3n) is 3.33. The summed E-state index contributed by atoms with van der Waals surface area (Å²) in [4.78, 5) is 24.4. The van der Waals surface area contributed by atoms with Gasteiger partial charge in [-0.05, 0) is 17.7 Å². The molecule has 0 spiro atoms. The predicted octanol–water partition coefficient (Wildman–Crippen LogP) is 2.93. The standard InChI is InChI=1S/C19H19NO3/c1-2-13-23-19(22)17(15-9-5-3-6-10-15)14-20-18(21)16-11-7-4-8-12-16/h2-12,17H,1,13-14H2,(H,20,21)/t17-/m1/s1. The number of nitrogens with one attached hydrogen (secondary N) is 1. The Balaban J connectivity index is 2.07. The Bertz CT molecular complexity index is 653. The molecule has 0 bridgehead atoms. The van der Waals surface area contributed by atoms with Crippen LogP contribution in [0.1, 0.15) is 21.8 Å². The highest BCUT2D eigenvalue weighted by Crippen LogP contribution is 2.17. The first-order chi connectivity index (χ1) is 11.2. The first kappa shape index (κ1) is 16.5. The molecule has 0 saturated carbocycles. The fourth-order valence-electron chi connectivity index (χ4n) is 2.15. The molecule has 4 nitrogen and oxygen atoms in total. The maximum Gasteiger partial charge on any atom is 0.315 e. The van der Waals surface area contributed by atoms with Gasteiger partial charge in [-0.2, -0.15) is 0 Å². The van der Waals surface area contributed by atoms with E-state index in [9.17, 15) is 9.59 Å². The molecule has 2 aromatic carbocycles. The minimum Gasteiger partial charge on any atom is -0.461 e. The number of hydrogen-bond donors (Lipinski definition) is 1. The average molecular weight is 309 g/mol. The van der Waals surface area contributed by atoms with Crippen molar-refractivity contribution >= 4 is 11.9 Å². The lowest BCUT2D eigenvalue weighted by molar-refractivity contribution is -0.144. The molecule has 0 aliphatic carbocycles. The largest absolute Gasteiger partial charge is 0.461 e. The molecule has 0 unspecified atom stereocenters. The molecule has 0 aliphatic rings. The lowest BCUT2D eigenvalue weighted by atomic mass is 9.99. The zero-order valence-electron chi connectivity index (χ0n) is 12.8. The van der Waals surface area contributed by atoms with E-state index in [0.29, 0.717) is 5.56 Å². The number of esters is 1. The number of carbonyl (C=O) groups is 2. The molecule has 2 rings (SSSR count). The topological polar surface area (TPSA) is 55.4 Å². The second-order valence-electron chi connectivity index (χ2n) is 4.96. The summed E-state index contributed by atoms with van der Waals surface area (Å²) in [5.41, 5.74) is 1.36. The van der Waals surface area contributed by atoms with Crippen LogP contribution in [-0.4, -0.2) is 25.0 Å². The Kier molecular flexibility index (Phi) is 6.12. The highest BCUT2D eigenvalue weighted by Gasteiger charge is 2.22. The molecule has 0 heterocycles. The summed E-state index contributed by atoms with van der Waals surface area (Å²) in [7, 11) is 0. The Hall–Kier alpha value is -2.88. The summed E-state index contributed by atoms with van der Waals surface area (Å²) < 4.78 is 5.14. The molecular formula is C19H19NO3. The van der Waals surface area contributed by atoms with Crippen molar-refractivity contribution in [1.29, 1.82) is 0 Å². The van der Waals surface area contributed by atoms with Crippen molar-refractivity contribution in [2.24, 2.45) is 0 Å². The van der Waals surface area contributed by atoms with E-state index in [1.165, 1.54) is 6.08 Å². The zero-order chi connectivity index (χ0) is 16.5. The van der Waals surface area contributed by atoms with Crippen molar-refractivity contribution in [2.75, 3.05) is 13.2 Å². The number of amides is 1. The van der Waals surface area contributed by atoms with Crippen molar-refractivity contribution in [3.8, 4) is 0 Å². The van der Waals surface area contributed by atoms with Crippen molar-refractivity contribution in [3.63, 3.8) is 0 Å². The van der Waals surface area contributed by atoms with Crippen LogP contribution in [-0.2, 0) is 9.53 Å². The number of benzene rings is 2. The van der Waals surface area contributed by atoms with E-state index in [-0.39, 0.29) is 25.0 Å². The third-order valence-corrected chi connectivity index (χ3v) is 3.33. The first-order valence-corrected chi connectivity index (χ1v) is 7.38. The highest BCUT2D eigenvalue weighted by atomic mass is 16.5. The van der Waals surface area contributed by atoms with Crippen LogP contribution in [0.15, 0.2) is 73.3 Å². The zero-order valence-corrected chi connectivity index (χ0v) is 12.8. The van der Waals surface area contributed by atoms with Crippen LogP contribution in [0.3, 0.4) is 0 Å². The second-order valence-corrected chi connectivity index (χ2v) is 4.96. The van der Waals surface area contributed by atoms with Crippen LogP contribution in [0, 0.1) is 0 Å². The van der Waals surface area contributed by atoms with Gasteiger partial charge in [0.1, 0.15) is 6.61 Å². The minimum absolute atomic E-state index is 0.148. The molecule has 2 aromatic rings. The van der Waals surface area contributed by atoms with E-state index >= 15 is 0 Å². The van der Waals surface area contributed by atoms with Crippen molar-refractivity contribution in [2.45, 2.75) is 5.92 Å². The summed E-state index contributed by atoms with van der Waals surface area (Å²) in [6, 6.07) is 18.1. The van der Waals surface area contributed by atoms with Crippen LogP contribution in [0.2, 0.25) is 0 Å². The van der Waals surface area contributed by atoms with E-state index in [2.05, 4.69) is 11.9 Å². The fraction of sp³-hybridized carbons (Fsp3) is 0.158. The number of carbonyl (C=O) groups excluding carboxylic acids is 2. The number of rotatable bonds is 7. The van der Waals surface area contributed by atoms with E-state index in [1.807, 2.05) is 36.4 Å². The molecule has 1 atom stereocenters. The van der Waals surface area contributed by atoms with Crippen LogP contribution in [0.25, 0.3) is 0 Å². The van der Waals surface area contributed by atoms with E-state index < -0.39 is 5.92 Å². The van der Waals surface area contributed by atoms with Gasteiger partial charge in [0.05, 0.1) is 5.92 Å². The van der Waals surface area contributed by atoms with Gasteiger partial charge < -0.3 is 10.1 Å². The van der Waals surface area contributed by atoms with Gasteiger partial charge in [-0.25, -0.2) is 0 Å². The molecule has 23 heavy (non-hydrogen) atoms. The monoisotopic (exact) mass is 309 g/mol. The van der Waals surface area contributed by atoms with E-state index in [4.69, 9.17) is 4.74 Å². The summed E-state index contributed by atoms with van der Waals surface area (Å²) in [5, 5.41) is 2.79. The van der Waals surface area contributed by atoms with Gasteiger partial charge in [0.25, 0.3) is 5.91 Å². The van der Waals surface area contributed by atoms with Gasteiger partial charge in [0.15, 0.2) is 0 Å². The van der Waals surface area contributed by atoms with Gasteiger partial charge in [0, 0.05) is 12.1 Å². The third kappa shape index (κ3) is 4.81. The summed E-state index contributed by atoms with van der Waals surface area (Å²) in [5.74, 6) is -1.16. The van der Waals surface area contributed by atoms with Crippen LogP contribution < -0.4 is 5.32 Å². The Labute approximate surface area is 135 Å². The van der Waals surface area contributed by atoms with Gasteiger partial charge in [-0.3, -0.25) is 9.59 Å². The Morgan fingerprint density at radius 1 is 1.04 bits per heavy atom. The van der Waals surface area contributed by atoms with E-state index in [0.717, 1.165) is 5.56 Å². The molecular weight excluding hydrogens is 290 g/mol. The smallest absolute Gasteiger partial charge is 0.315 e. The van der Waals surface area contributed by atoms with Crippen LogP contribution in [0.5, 0.6) is 0 Å². The number of ether oxygens (including phenoxy) is 1. The molecule has 1 amide bonds. The Morgan fingerprint density at radius 3 is 2.26 bits per heavy atom. The quantitative estimate of drug-likeness (QED) is 0.632. The minimum atomic E-state index is -0.552. The fourth-order valence-corrected chi connectivity index (χ4v) is 2.15. The van der Waals surface area contributed by atoms with Gasteiger partial charge in [-0.15, -0.1) is 0 Å². The van der Waals surface area contributed by atoms with Crippen molar-refractivity contribution in [3.05, 3.63) is 84.4 Å². The molecule has 118 valence electrons. The SMILES string of the molecule is C=CCOC(=O)[C@H](CNC(=O)c1ccccc1)c1ccccc1. The maximum absolute atomic E-state index is 12.2. The normalized spacial score (nSPS) is 11.3. The first-order valence-electron chi connectivity index (χ1n) is 7.38. The molecule has 1 N–H and O–H groups in total. The predicted molar refractivity (Wildman–Crippen MR) is 89.1 cm³/mol. The molecule has 0 fully saturated rings. The van der Waals surface area contributed by atoms with Crippen LogP contribution >= 0.6 is 0 Å². The average Bonchev–Trinajstić information content (AvgIpc) is 2.61. The van der Waals surface area contributed by atoms with Gasteiger partial charge >= 0.3 is 5.97 Å². The lowest BCUT2D eigenvalue weighted by Crippen LogP contribution is -2.32. The summed E-state index contributed by atoms with van der Waals surface area (Å²) in [6.07, 6.45) is 1.52. The van der Waals surface area contributed by atoms with Gasteiger partial charge in [0.2, 0.25) is 0 Å². The molecule has 0 saturated heterocycles. The van der Waals surface area contributed by atoms with Gasteiger partial charge in [-0.1, -0.05) is 61.2 Å². The molecule has 4 heteroatoms. The maximum atomic E-state index is 12.2. The van der Waals surface area contributed by atoms with Crippen molar-refractivity contribution in [1.82, 2.24) is 5.32 Å². The number of hydrogen-bond acceptors (Lipinski definition) is 3. The summed E-state index contributed by atoms with van der Waals surface area (Å²) in [6.45, 7) is 3.85.